The second kappa shape index (κ2) is 4.26. The number of halogens is 1. The van der Waals surface area contributed by atoms with E-state index in [4.69, 9.17) is 0 Å². The van der Waals surface area contributed by atoms with E-state index in [0.29, 0.717) is 0 Å². The van der Waals surface area contributed by atoms with Crippen LogP contribution in [0.15, 0.2) is 28.7 Å². The topological polar surface area (TPSA) is 20.2 Å². The molecule has 0 saturated heterocycles. The van der Waals surface area contributed by atoms with Crippen LogP contribution in [0.25, 0.3) is 0 Å². The lowest BCUT2D eigenvalue weighted by Gasteiger charge is -2.30. The van der Waals surface area contributed by atoms with Gasteiger partial charge in [-0.25, -0.2) is 0 Å². The minimum atomic E-state index is -0.312. The molecule has 1 saturated carbocycles. The highest BCUT2D eigenvalue weighted by Crippen LogP contribution is 2.47. The summed E-state index contributed by atoms with van der Waals surface area (Å²) in [5.41, 5.74) is 1.14. The van der Waals surface area contributed by atoms with Gasteiger partial charge in [-0.1, -0.05) is 47.8 Å². The van der Waals surface area contributed by atoms with Crippen molar-refractivity contribution in [3.63, 3.8) is 0 Å². The quantitative estimate of drug-likeness (QED) is 0.858. The minimum absolute atomic E-state index is 0.0911. The van der Waals surface area contributed by atoms with E-state index in [9.17, 15) is 5.11 Å². The maximum absolute atomic E-state index is 10.4. The zero-order valence-electron chi connectivity index (χ0n) is 9.04. The Labute approximate surface area is 99.6 Å². The summed E-state index contributed by atoms with van der Waals surface area (Å²) >= 11 is 3.41. The van der Waals surface area contributed by atoms with Crippen LogP contribution in [0.5, 0.6) is 0 Å². The fraction of sp³-hybridized carbons (Fsp3) is 0.538. The highest BCUT2D eigenvalue weighted by molar-refractivity contribution is 9.10. The third-order valence-corrected chi connectivity index (χ3v) is 4.12. The summed E-state index contributed by atoms with van der Waals surface area (Å²) in [4.78, 5) is 0. The van der Waals surface area contributed by atoms with Crippen LogP contribution in [0.4, 0.5) is 0 Å². The van der Waals surface area contributed by atoms with Crippen LogP contribution in [-0.2, 0) is 0 Å². The molecule has 1 nitrogen and oxygen atoms in total. The molecule has 1 N–H and O–H groups in total. The summed E-state index contributed by atoms with van der Waals surface area (Å²) in [5, 5.41) is 10.4. The number of aliphatic hydroxyl groups is 1. The fourth-order valence-corrected chi connectivity index (χ4v) is 2.77. The third kappa shape index (κ3) is 2.26. The average molecular weight is 269 g/mol. The maximum Gasteiger partial charge on any atom is 0.0843 e. The SMILES string of the molecule is CC1(C(O)c2ccc(Br)cc2)CCCC1. The second-order valence-electron chi connectivity index (χ2n) is 4.82. The van der Waals surface area contributed by atoms with Gasteiger partial charge in [0.2, 0.25) is 0 Å². The Morgan fingerprint density at radius 2 is 1.73 bits per heavy atom. The van der Waals surface area contributed by atoms with Gasteiger partial charge in [-0.2, -0.15) is 0 Å². The predicted molar refractivity (Wildman–Crippen MR) is 65.7 cm³/mol. The third-order valence-electron chi connectivity index (χ3n) is 3.59. The lowest BCUT2D eigenvalue weighted by molar-refractivity contribution is 0.0408. The molecule has 0 radical (unpaired) electrons. The minimum Gasteiger partial charge on any atom is -0.388 e. The second-order valence-corrected chi connectivity index (χ2v) is 5.73. The standard InChI is InChI=1S/C13H17BrO/c1-13(8-2-3-9-13)12(15)10-4-6-11(14)7-5-10/h4-7,12,15H,2-3,8-9H2,1H3. The van der Waals surface area contributed by atoms with Gasteiger partial charge in [0.15, 0.2) is 0 Å². The van der Waals surface area contributed by atoms with Gasteiger partial charge in [-0.15, -0.1) is 0 Å². The van der Waals surface area contributed by atoms with Crippen LogP contribution in [0.2, 0.25) is 0 Å². The van der Waals surface area contributed by atoms with Crippen molar-refractivity contribution in [2.45, 2.75) is 38.7 Å². The smallest absolute Gasteiger partial charge is 0.0843 e. The van der Waals surface area contributed by atoms with Gasteiger partial charge >= 0.3 is 0 Å². The lowest BCUT2D eigenvalue weighted by atomic mass is 9.79. The molecule has 1 unspecified atom stereocenters. The van der Waals surface area contributed by atoms with Crippen molar-refractivity contribution in [1.82, 2.24) is 0 Å². The molecule has 0 bridgehead atoms. The van der Waals surface area contributed by atoms with Crippen molar-refractivity contribution in [3.8, 4) is 0 Å². The molecule has 1 atom stereocenters. The Bertz CT molecular complexity index is 325. The molecule has 82 valence electrons. The molecule has 1 aliphatic carbocycles. The monoisotopic (exact) mass is 268 g/mol. The van der Waals surface area contributed by atoms with E-state index in [0.717, 1.165) is 22.9 Å². The molecule has 2 rings (SSSR count). The highest BCUT2D eigenvalue weighted by atomic mass is 79.9. The van der Waals surface area contributed by atoms with Crippen LogP contribution < -0.4 is 0 Å². The van der Waals surface area contributed by atoms with Gasteiger partial charge in [0, 0.05) is 4.47 Å². The first kappa shape index (κ1) is 11.2. The van der Waals surface area contributed by atoms with Crippen LogP contribution in [0.3, 0.4) is 0 Å². The van der Waals surface area contributed by atoms with E-state index in [-0.39, 0.29) is 11.5 Å². The first-order valence-electron chi connectivity index (χ1n) is 5.55. The largest absolute Gasteiger partial charge is 0.388 e. The molecule has 0 amide bonds. The van der Waals surface area contributed by atoms with Crippen molar-refractivity contribution in [2.75, 3.05) is 0 Å². The molecule has 0 aromatic heterocycles. The molecule has 1 fully saturated rings. The molecule has 1 aromatic carbocycles. The van der Waals surface area contributed by atoms with E-state index < -0.39 is 0 Å². The Morgan fingerprint density at radius 3 is 2.27 bits per heavy atom. The molecule has 15 heavy (non-hydrogen) atoms. The Kier molecular flexibility index (Phi) is 3.17. The van der Waals surface area contributed by atoms with Crippen molar-refractivity contribution in [2.24, 2.45) is 5.41 Å². The van der Waals surface area contributed by atoms with Gasteiger partial charge in [0.1, 0.15) is 0 Å². The summed E-state index contributed by atoms with van der Waals surface area (Å²) in [6, 6.07) is 8.02. The predicted octanol–water partition coefficient (Wildman–Crippen LogP) is 4.06. The van der Waals surface area contributed by atoms with Crippen LogP contribution in [0, 0.1) is 5.41 Å². The van der Waals surface area contributed by atoms with Gasteiger partial charge in [-0.3, -0.25) is 0 Å². The van der Waals surface area contributed by atoms with Crippen molar-refractivity contribution >= 4 is 15.9 Å². The van der Waals surface area contributed by atoms with Crippen LogP contribution >= 0.6 is 15.9 Å². The summed E-state index contributed by atoms with van der Waals surface area (Å²) < 4.78 is 1.06. The number of benzene rings is 1. The van der Waals surface area contributed by atoms with E-state index in [2.05, 4.69) is 22.9 Å². The summed E-state index contributed by atoms with van der Waals surface area (Å²) in [7, 11) is 0. The molecule has 1 aliphatic rings. The zero-order chi connectivity index (χ0) is 10.9. The number of hydrogen-bond acceptors (Lipinski definition) is 1. The van der Waals surface area contributed by atoms with Crippen molar-refractivity contribution in [3.05, 3.63) is 34.3 Å². The number of hydrogen-bond donors (Lipinski definition) is 1. The zero-order valence-corrected chi connectivity index (χ0v) is 10.6. The van der Waals surface area contributed by atoms with E-state index in [1.165, 1.54) is 12.8 Å². The Balaban J connectivity index is 2.19. The summed E-state index contributed by atoms with van der Waals surface area (Å²) in [6.07, 6.45) is 4.48. The molecular formula is C13H17BrO. The molecule has 1 aromatic rings. The van der Waals surface area contributed by atoms with Gasteiger partial charge in [-0.05, 0) is 36.0 Å². The van der Waals surface area contributed by atoms with Crippen molar-refractivity contribution in [1.29, 1.82) is 0 Å². The molecule has 0 heterocycles. The molecule has 2 heteroatoms. The summed E-state index contributed by atoms with van der Waals surface area (Å²) in [5.74, 6) is 0. The Morgan fingerprint density at radius 1 is 1.20 bits per heavy atom. The molecule has 0 spiro atoms. The maximum atomic E-state index is 10.4. The lowest BCUT2D eigenvalue weighted by Crippen LogP contribution is -2.21. The highest BCUT2D eigenvalue weighted by Gasteiger charge is 2.36. The fourth-order valence-electron chi connectivity index (χ4n) is 2.50. The van der Waals surface area contributed by atoms with E-state index in [1.807, 2.05) is 24.3 Å². The normalized spacial score (nSPS) is 21.5. The van der Waals surface area contributed by atoms with Crippen LogP contribution in [-0.4, -0.2) is 5.11 Å². The average Bonchev–Trinajstić information content (AvgIpc) is 2.67. The van der Waals surface area contributed by atoms with Gasteiger partial charge < -0.3 is 5.11 Å². The number of rotatable bonds is 2. The van der Waals surface area contributed by atoms with E-state index in [1.54, 1.807) is 0 Å². The van der Waals surface area contributed by atoms with Crippen LogP contribution in [0.1, 0.15) is 44.3 Å². The summed E-state index contributed by atoms with van der Waals surface area (Å²) in [6.45, 7) is 2.20. The first-order chi connectivity index (χ1) is 7.12. The van der Waals surface area contributed by atoms with E-state index >= 15 is 0 Å². The first-order valence-corrected chi connectivity index (χ1v) is 6.35. The number of aliphatic hydroxyl groups excluding tert-OH is 1. The Hall–Kier alpha value is -0.340. The molecule has 0 aliphatic heterocycles. The molecular weight excluding hydrogens is 252 g/mol. The van der Waals surface area contributed by atoms with Crippen molar-refractivity contribution < 1.29 is 5.11 Å². The van der Waals surface area contributed by atoms with Gasteiger partial charge in [0.05, 0.1) is 6.10 Å². The van der Waals surface area contributed by atoms with Gasteiger partial charge in [0.25, 0.3) is 0 Å².